The molecule has 1 aromatic heterocycles. The molecule has 1 atom stereocenters. The first kappa shape index (κ1) is 18.6. The van der Waals surface area contributed by atoms with Crippen LogP contribution in [0.5, 0.6) is 0 Å². The van der Waals surface area contributed by atoms with Gasteiger partial charge in [-0.1, -0.05) is 24.3 Å². The molecule has 0 bridgehead atoms. The van der Waals surface area contributed by atoms with Crippen LogP contribution in [0.1, 0.15) is 29.8 Å². The zero-order chi connectivity index (χ0) is 19.5. The largest absolute Gasteiger partial charge is 0.377 e. The molecule has 8 heteroatoms. The molecule has 0 radical (unpaired) electrons. The number of fused-ring (bicyclic) bond motifs is 1. The summed E-state index contributed by atoms with van der Waals surface area (Å²) < 4.78 is 7.38. The topological polar surface area (TPSA) is 80.6 Å². The van der Waals surface area contributed by atoms with E-state index >= 15 is 0 Å². The third-order valence-corrected chi connectivity index (χ3v) is 5.52. The number of nitrogens with zero attached hydrogens (tertiary/aromatic N) is 5. The highest BCUT2D eigenvalue weighted by Crippen LogP contribution is 2.24. The predicted octanol–water partition coefficient (Wildman–Crippen LogP) is 0.908. The van der Waals surface area contributed by atoms with E-state index in [1.807, 2.05) is 28.6 Å². The lowest BCUT2D eigenvalue weighted by Gasteiger charge is -2.36. The monoisotopic (exact) mass is 383 g/mol. The average Bonchev–Trinajstić information content (AvgIpc) is 3.32. The fourth-order valence-electron chi connectivity index (χ4n) is 3.89. The Morgan fingerprint density at radius 3 is 2.61 bits per heavy atom. The molecule has 0 unspecified atom stereocenters. The lowest BCUT2D eigenvalue weighted by Crippen LogP contribution is -2.50. The molecule has 0 aliphatic carbocycles. The summed E-state index contributed by atoms with van der Waals surface area (Å²) in [6, 6.07) is 7.92. The Kier molecular flexibility index (Phi) is 5.38. The highest BCUT2D eigenvalue weighted by Gasteiger charge is 2.32. The second kappa shape index (κ2) is 8.10. The molecule has 1 aromatic carbocycles. The van der Waals surface area contributed by atoms with Crippen LogP contribution in [-0.4, -0.2) is 62.2 Å². The number of ether oxygens (including phenoxy) is 1. The third kappa shape index (κ3) is 3.91. The summed E-state index contributed by atoms with van der Waals surface area (Å²) in [5.41, 5.74) is 2.40. The summed E-state index contributed by atoms with van der Waals surface area (Å²) in [6.07, 6.45) is 2.81. The quantitative estimate of drug-likeness (QED) is 0.767. The molecule has 2 amide bonds. The van der Waals surface area contributed by atoms with Gasteiger partial charge in [0, 0.05) is 45.9 Å². The minimum atomic E-state index is -0.211. The van der Waals surface area contributed by atoms with Gasteiger partial charge in [-0.3, -0.25) is 9.59 Å². The van der Waals surface area contributed by atoms with E-state index in [0.29, 0.717) is 52.1 Å². The Balaban J connectivity index is 1.35. The SMILES string of the molecule is Cn1cnnc1CCC(=O)N1CCOC[C@H]1CC(=O)N1Cc2ccccc2C1. The van der Waals surface area contributed by atoms with Gasteiger partial charge in [-0.05, 0) is 11.1 Å². The number of carbonyl (C=O) groups excluding carboxylic acids is 2. The lowest BCUT2D eigenvalue weighted by atomic mass is 10.1. The Morgan fingerprint density at radius 1 is 1.18 bits per heavy atom. The molecule has 0 saturated carbocycles. The summed E-state index contributed by atoms with van der Waals surface area (Å²) in [4.78, 5) is 29.3. The van der Waals surface area contributed by atoms with E-state index < -0.39 is 0 Å². The Bertz CT molecular complexity index is 840. The zero-order valence-electron chi connectivity index (χ0n) is 16.1. The molecular weight excluding hydrogens is 358 g/mol. The van der Waals surface area contributed by atoms with Crippen molar-refractivity contribution in [3.8, 4) is 0 Å². The summed E-state index contributed by atoms with van der Waals surface area (Å²) in [5, 5.41) is 7.87. The molecular formula is C20H25N5O3. The van der Waals surface area contributed by atoms with Gasteiger partial charge in [0.25, 0.3) is 0 Å². The van der Waals surface area contributed by atoms with E-state index in [0.717, 1.165) is 5.82 Å². The summed E-state index contributed by atoms with van der Waals surface area (Å²) >= 11 is 0. The van der Waals surface area contributed by atoms with E-state index in [2.05, 4.69) is 22.3 Å². The molecule has 2 aromatic rings. The zero-order valence-corrected chi connectivity index (χ0v) is 16.1. The van der Waals surface area contributed by atoms with Crippen LogP contribution in [-0.2, 0) is 40.9 Å². The predicted molar refractivity (Wildman–Crippen MR) is 101 cm³/mol. The molecule has 3 heterocycles. The fraction of sp³-hybridized carbons (Fsp3) is 0.500. The molecule has 28 heavy (non-hydrogen) atoms. The first-order chi connectivity index (χ1) is 13.6. The Labute approximate surface area is 164 Å². The van der Waals surface area contributed by atoms with Crippen LogP contribution in [0.2, 0.25) is 0 Å². The van der Waals surface area contributed by atoms with Crippen LogP contribution in [0.4, 0.5) is 0 Å². The second-order valence-electron chi connectivity index (χ2n) is 7.40. The van der Waals surface area contributed by atoms with Gasteiger partial charge >= 0.3 is 0 Å². The number of aryl methyl sites for hydroxylation is 2. The van der Waals surface area contributed by atoms with E-state index in [4.69, 9.17) is 4.74 Å². The summed E-state index contributed by atoms with van der Waals surface area (Å²) in [5.74, 6) is 0.885. The number of hydrogen-bond donors (Lipinski definition) is 0. The highest BCUT2D eigenvalue weighted by molar-refractivity contribution is 5.80. The first-order valence-electron chi connectivity index (χ1n) is 9.66. The van der Waals surface area contributed by atoms with Gasteiger partial charge in [0.15, 0.2) is 0 Å². The normalized spacial score (nSPS) is 19.0. The maximum absolute atomic E-state index is 12.9. The van der Waals surface area contributed by atoms with Gasteiger partial charge in [0.2, 0.25) is 11.8 Å². The van der Waals surface area contributed by atoms with Crippen LogP contribution < -0.4 is 0 Å². The summed E-state index contributed by atoms with van der Waals surface area (Å²) in [6.45, 7) is 2.72. The van der Waals surface area contributed by atoms with Crippen LogP contribution in [0.3, 0.4) is 0 Å². The van der Waals surface area contributed by atoms with Crippen molar-refractivity contribution in [2.24, 2.45) is 7.05 Å². The number of aromatic nitrogens is 3. The van der Waals surface area contributed by atoms with E-state index in [1.165, 1.54) is 11.1 Å². The Hall–Kier alpha value is -2.74. The second-order valence-corrected chi connectivity index (χ2v) is 7.40. The van der Waals surface area contributed by atoms with Gasteiger partial charge in [0.1, 0.15) is 12.2 Å². The van der Waals surface area contributed by atoms with E-state index in [9.17, 15) is 9.59 Å². The van der Waals surface area contributed by atoms with Crippen LogP contribution in [0.25, 0.3) is 0 Å². The van der Waals surface area contributed by atoms with Gasteiger partial charge in [0.05, 0.1) is 19.3 Å². The smallest absolute Gasteiger partial charge is 0.225 e. The number of hydrogen-bond acceptors (Lipinski definition) is 5. The minimum Gasteiger partial charge on any atom is -0.377 e. The van der Waals surface area contributed by atoms with Gasteiger partial charge in [-0.15, -0.1) is 10.2 Å². The molecule has 1 saturated heterocycles. The van der Waals surface area contributed by atoms with Crippen molar-refractivity contribution in [3.05, 3.63) is 47.5 Å². The van der Waals surface area contributed by atoms with Crippen molar-refractivity contribution in [2.45, 2.75) is 38.4 Å². The van der Waals surface area contributed by atoms with Crippen LogP contribution in [0.15, 0.2) is 30.6 Å². The molecule has 0 N–H and O–H groups in total. The molecule has 8 nitrogen and oxygen atoms in total. The van der Waals surface area contributed by atoms with Gasteiger partial charge in [-0.2, -0.15) is 0 Å². The number of rotatable bonds is 5. The highest BCUT2D eigenvalue weighted by atomic mass is 16.5. The van der Waals surface area contributed by atoms with E-state index in [-0.39, 0.29) is 17.9 Å². The molecule has 2 aliphatic heterocycles. The average molecular weight is 383 g/mol. The van der Waals surface area contributed by atoms with Crippen LogP contribution in [0, 0.1) is 0 Å². The van der Waals surface area contributed by atoms with E-state index in [1.54, 1.807) is 11.2 Å². The third-order valence-electron chi connectivity index (χ3n) is 5.52. The molecule has 4 rings (SSSR count). The number of morpholine rings is 1. The molecule has 1 fully saturated rings. The van der Waals surface area contributed by atoms with Crippen molar-refractivity contribution in [1.29, 1.82) is 0 Å². The minimum absolute atomic E-state index is 0.0359. The van der Waals surface area contributed by atoms with Gasteiger partial charge in [-0.25, -0.2) is 0 Å². The van der Waals surface area contributed by atoms with Crippen molar-refractivity contribution in [3.63, 3.8) is 0 Å². The van der Waals surface area contributed by atoms with Crippen molar-refractivity contribution in [2.75, 3.05) is 19.8 Å². The van der Waals surface area contributed by atoms with Crippen molar-refractivity contribution >= 4 is 11.8 Å². The molecule has 2 aliphatic rings. The maximum Gasteiger partial charge on any atom is 0.225 e. The Morgan fingerprint density at radius 2 is 1.93 bits per heavy atom. The number of carbonyl (C=O) groups is 2. The maximum atomic E-state index is 12.9. The van der Waals surface area contributed by atoms with Crippen molar-refractivity contribution in [1.82, 2.24) is 24.6 Å². The first-order valence-corrected chi connectivity index (χ1v) is 9.66. The van der Waals surface area contributed by atoms with Gasteiger partial charge < -0.3 is 19.1 Å². The number of amides is 2. The standard InChI is InChI=1S/C20H25N5O3/c1-23-14-21-22-18(23)6-7-19(26)25-8-9-28-13-17(25)10-20(27)24-11-15-4-2-3-5-16(15)12-24/h2-5,14,17H,6-13H2,1H3/t17-/m1/s1. The van der Waals surface area contributed by atoms with Crippen LogP contribution >= 0.6 is 0 Å². The molecule has 0 spiro atoms. The molecule has 148 valence electrons. The van der Waals surface area contributed by atoms with Crippen molar-refractivity contribution < 1.29 is 14.3 Å². The lowest BCUT2D eigenvalue weighted by molar-refractivity contribution is -0.144. The summed E-state index contributed by atoms with van der Waals surface area (Å²) in [7, 11) is 1.87. The fourth-order valence-corrected chi connectivity index (χ4v) is 3.89. The number of benzene rings is 1.